The fourth-order valence-corrected chi connectivity index (χ4v) is 4.27. The molecule has 1 aliphatic rings. The lowest BCUT2D eigenvalue weighted by atomic mass is 10.1. The van der Waals surface area contributed by atoms with Crippen molar-refractivity contribution < 1.29 is 32.7 Å². The van der Waals surface area contributed by atoms with Crippen LogP contribution in [0.3, 0.4) is 0 Å². The molecule has 1 saturated heterocycles. The molecule has 2 N–H and O–H groups in total. The number of carbonyl (C=O) groups is 3. The van der Waals surface area contributed by atoms with Crippen LogP contribution in [-0.4, -0.2) is 86.7 Å². The number of carboxylic acid groups (broad SMARTS) is 1. The van der Waals surface area contributed by atoms with Crippen LogP contribution in [0.15, 0.2) is 35.8 Å². The average molecular weight is 527 g/mol. The molecule has 1 unspecified atom stereocenters. The SMILES string of the molecule is CC(=O)N1CCN(C)C(c2nnc3ccc(C(=O)NCCc4cccs4)cn23)C1.O=C(O)C(F)(F)F. The maximum atomic E-state index is 12.6. The van der Waals surface area contributed by atoms with Gasteiger partial charge in [-0.3, -0.25) is 18.9 Å². The first-order chi connectivity index (χ1) is 17.0. The van der Waals surface area contributed by atoms with Crippen LogP contribution in [0.2, 0.25) is 0 Å². The Morgan fingerprint density at radius 1 is 1.19 bits per heavy atom. The van der Waals surface area contributed by atoms with E-state index in [0.29, 0.717) is 30.8 Å². The summed E-state index contributed by atoms with van der Waals surface area (Å²) in [4.78, 5) is 38.6. The van der Waals surface area contributed by atoms with Crippen molar-refractivity contribution in [3.8, 4) is 0 Å². The number of fused-ring (bicyclic) bond motifs is 1. The van der Waals surface area contributed by atoms with E-state index >= 15 is 0 Å². The van der Waals surface area contributed by atoms with E-state index in [0.717, 1.165) is 18.8 Å². The lowest BCUT2D eigenvalue weighted by Crippen LogP contribution is -2.48. The molecule has 2 amide bonds. The number of aromatic nitrogens is 3. The minimum atomic E-state index is -5.08. The number of nitrogens with one attached hydrogen (secondary N) is 1. The highest BCUT2D eigenvalue weighted by molar-refractivity contribution is 7.09. The Morgan fingerprint density at radius 2 is 1.92 bits per heavy atom. The molecular weight excluding hydrogens is 501 g/mol. The van der Waals surface area contributed by atoms with Crippen molar-refractivity contribution >= 4 is 34.8 Å². The molecule has 1 fully saturated rings. The van der Waals surface area contributed by atoms with Gasteiger partial charge < -0.3 is 15.3 Å². The Kier molecular flexibility index (Phi) is 8.63. The van der Waals surface area contributed by atoms with Crippen LogP contribution in [0.25, 0.3) is 5.65 Å². The van der Waals surface area contributed by atoms with Crippen LogP contribution < -0.4 is 5.32 Å². The maximum Gasteiger partial charge on any atom is 0.490 e. The van der Waals surface area contributed by atoms with Crippen molar-refractivity contribution in [1.29, 1.82) is 0 Å². The number of alkyl halides is 3. The minimum Gasteiger partial charge on any atom is -0.475 e. The number of carbonyl (C=O) groups excluding carboxylic acids is 2. The van der Waals surface area contributed by atoms with E-state index in [4.69, 9.17) is 9.90 Å². The topological polar surface area (TPSA) is 120 Å². The van der Waals surface area contributed by atoms with Gasteiger partial charge in [-0.15, -0.1) is 21.5 Å². The Morgan fingerprint density at radius 3 is 2.53 bits per heavy atom. The monoisotopic (exact) mass is 526 g/mol. The highest BCUT2D eigenvalue weighted by atomic mass is 32.1. The molecule has 0 bridgehead atoms. The van der Waals surface area contributed by atoms with Gasteiger partial charge in [0.2, 0.25) is 5.91 Å². The molecule has 10 nitrogen and oxygen atoms in total. The van der Waals surface area contributed by atoms with Crippen LogP contribution in [0, 0.1) is 0 Å². The number of rotatable bonds is 5. The molecule has 0 spiro atoms. The smallest absolute Gasteiger partial charge is 0.475 e. The van der Waals surface area contributed by atoms with Crippen molar-refractivity contribution in [3.05, 3.63) is 52.1 Å². The molecule has 0 aliphatic carbocycles. The first-order valence-electron chi connectivity index (χ1n) is 10.9. The fourth-order valence-electron chi connectivity index (χ4n) is 3.56. The zero-order valence-electron chi connectivity index (χ0n) is 19.5. The number of carboxylic acids is 1. The van der Waals surface area contributed by atoms with Gasteiger partial charge in [0.1, 0.15) is 0 Å². The van der Waals surface area contributed by atoms with Crippen LogP contribution in [0.5, 0.6) is 0 Å². The van der Waals surface area contributed by atoms with E-state index in [1.165, 1.54) is 4.88 Å². The maximum absolute atomic E-state index is 12.6. The van der Waals surface area contributed by atoms with Gasteiger partial charge in [0, 0.05) is 44.2 Å². The van der Waals surface area contributed by atoms with Gasteiger partial charge >= 0.3 is 12.1 Å². The Balaban J connectivity index is 0.000000454. The summed E-state index contributed by atoms with van der Waals surface area (Å²) in [6.07, 6.45) is -2.48. The molecule has 3 aromatic heterocycles. The third-order valence-electron chi connectivity index (χ3n) is 5.56. The van der Waals surface area contributed by atoms with E-state index < -0.39 is 12.1 Å². The highest BCUT2D eigenvalue weighted by Gasteiger charge is 2.38. The number of thiophene rings is 1. The van der Waals surface area contributed by atoms with Crippen LogP contribution in [-0.2, 0) is 16.0 Å². The van der Waals surface area contributed by atoms with E-state index in [9.17, 15) is 22.8 Å². The molecule has 0 radical (unpaired) electrons. The number of piperazine rings is 1. The molecule has 36 heavy (non-hydrogen) atoms. The molecular formula is C22H25F3N6O4S. The van der Waals surface area contributed by atoms with Crippen LogP contribution >= 0.6 is 11.3 Å². The number of hydrogen-bond donors (Lipinski definition) is 2. The van der Waals surface area contributed by atoms with Gasteiger partial charge in [0.25, 0.3) is 5.91 Å². The molecule has 0 saturated carbocycles. The van der Waals surface area contributed by atoms with Gasteiger partial charge in [0.05, 0.1) is 11.6 Å². The predicted molar refractivity (Wildman–Crippen MR) is 125 cm³/mol. The van der Waals surface area contributed by atoms with Crippen molar-refractivity contribution in [1.82, 2.24) is 29.7 Å². The van der Waals surface area contributed by atoms with Gasteiger partial charge in [-0.1, -0.05) is 6.07 Å². The molecule has 4 heterocycles. The van der Waals surface area contributed by atoms with Gasteiger partial charge in [0.15, 0.2) is 11.5 Å². The number of pyridine rings is 1. The number of aliphatic carboxylic acids is 1. The van der Waals surface area contributed by atoms with E-state index in [-0.39, 0.29) is 17.9 Å². The second-order valence-electron chi connectivity index (χ2n) is 8.05. The second-order valence-corrected chi connectivity index (χ2v) is 9.09. The number of halogens is 3. The molecule has 1 aliphatic heterocycles. The average Bonchev–Trinajstić information content (AvgIpc) is 3.48. The molecule has 194 valence electrons. The molecule has 4 rings (SSSR count). The Hall–Kier alpha value is -3.52. The highest BCUT2D eigenvalue weighted by Crippen LogP contribution is 2.23. The summed E-state index contributed by atoms with van der Waals surface area (Å²) >= 11 is 1.69. The Labute approximate surface area is 208 Å². The first kappa shape index (κ1) is 27.1. The zero-order chi connectivity index (χ0) is 26.5. The summed E-state index contributed by atoms with van der Waals surface area (Å²) in [7, 11) is 2.02. The van der Waals surface area contributed by atoms with Crippen LogP contribution in [0.1, 0.15) is 34.0 Å². The number of nitrogens with zero attached hydrogens (tertiary/aromatic N) is 5. The standard InChI is InChI=1S/C20H24N6O2S.C2HF3O2/c1-14(27)25-10-9-24(2)17(13-25)19-23-22-18-6-5-15(12-26(18)19)20(28)21-8-7-16-4-3-11-29-16;3-2(4,5)1(6)7/h3-6,11-12,17H,7-10,13H2,1-2H3,(H,21,28);(H,6,7). The largest absolute Gasteiger partial charge is 0.490 e. The molecule has 1 atom stereocenters. The summed E-state index contributed by atoms with van der Waals surface area (Å²) < 4.78 is 33.6. The number of hydrogen-bond acceptors (Lipinski definition) is 7. The fraction of sp³-hybridized carbons (Fsp3) is 0.409. The summed E-state index contributed by atoms with van der Waals surface area (Å²) in [5.41, 5.74) is 1.25. The van der Waals surface area contributed by atoms with Crippen LogP contribution in [0.4, 0.5) is 13.2 Å². The predicted octanol–water partition coefficient (Wildman–Crippen LogP) is 2.23. The zero-order valence-corrected chi connectivity index (χ0v) is 20.3. The van der Waals surface area contributed by atoms with E-state index in [1.54, 1.807) is 36.6 Å². The first-order valence-corrected chi connectivity index (χ1v) is 11.8. The summed E-state index contributed by atoms with van der Waals surface area (Å²) in [6, 6.07) is 7.58. The van der Waals surface area contributed by atoms with Gasteiger partial charge in [-0.25, -0.2) is 4.79 Å². The van der Waals surface area contributed by atoms with Crippen molar-refractivity contribution in [2.24, 2.45) is 0 Å². The number of likely N-dealkylation sites (N-methyl/N-ethyl adjacent to an activating group) is 1. The van der Waals surface area contributed by atoms with Crippen molar-refractivity contribution in [3.63, 3.8) is 0 Å². The molecule has 3 aromatic rings. The summed E-state index contributed by atoms with van der Waals surface area (Å²) in [6.45, 7) is 4.21. The third kappa shape index (κ3) is 6.79. The van der Waals surface area contributed by atoms with Crippen molar-refractivity contribution in [2.75, 3.05) is 33.2 Å². The van der Waals surface area contributed by atoms with E-state index in [2.05, 4.69) is 26.5 Å². The number of amides is 2. The third-order valence-corrected chi connectivity index (χ3v) is 6.50. The van der Waals surface area contributed by atoms with Crippen molar-refractivity contribution in [2.45, 2.75) is 25.6 Å². The lowest BCUT2D eigenvalue weighted by molar-refractivity contribution is -0.192. The minimum absolute atomic E-state index is 0.0581. The van der Waals surface area contributed by atoms with E-state index in [1.807, 2.05) is 27.8 Å². The second kappa shape index (κ2) is 11.5. The lowest BCUT2D eigenvalue weighted by Gasteiger charge is -2.38. The summed E-state index contributed by atoms with van der Waals surface area (Å²) in [5, 5.41) is 20.7. The summed E-state index contributed by atoms with van der Waals surface area (Å²) in [5.74, 6) is -2.08. The molecule has 14 heteroatoms. The Bertz CT molecular complexity index is 1210. The van der Waals surface area contributed by atoms with Gasteiger partial charge in [-0.05, 0) is 37.0 Å². The molecule has 0 aromatic carbocycles. The quantitative estimate of drug-likeness (QED) is 0.523. The van der Waals surface area contributed by atoms with Gasteiger partial charge in [-0.2, -0.15) is 13.2 Å². The normalized spacial score (nSPS) is 16.4.